The van der Waals surface area contributed by atoms with Gasteiger partial charge in [0, 0.05) is 71.4 Å². The van der Waals surface area contributed by atoms with E-state index in [4.69, 9.17) is 11.6 Å². The lowest BCUT2D eigenvalue weighted by atomic mass is 10.2. The molecule has 158 valence electrons. The lowest BCUT2D eigenvalue weighted by molar-refractivity contribution is -0.127. The number of nitrogens with zero attached hydrogens (tertiary/aromatic N) is 4. The molecular weight excluding hydrogens is 452 g/mol. The van der Waals surface area contributed by atoms with E-state index in [1.807, 2.05) is 40.6 Å². The first kappa shape index (κ1) is 20.4. The smallest absolute Gasteiger partial charge is 0.258 e. The number of hydrogen-bond acceptors (Lipinski definition) is 6. The van der Waals surface area contributed by atoms with E-state index < -0.39 is 0 Å². The van der Waals surface area contributed by atoms with Crippen molar-refractivity contribution in [1.82, 2.24) is 19.2 Å². The Balaban J connectivity index is 1.20. The first-order valence-corrected chi connectivity index (χ1v) is 12.0. The summed E-state index contributed by atoms with van der Waals surface area (Å²) in [4.78, 5) is 35.1. The number of thiazole rings is 1. The molecule has 0 aliphatic carbocycles. The summed E-state index contributed by atoms with van der Waals surface area (Å²) in [5.74, 6) is -0.00968. The van der Waals surface area contributed by atoms with Gasteiger partial charge in [0.25, 0.3) is 5.56 Å². The Morgan fingerprint density at radius 2 is 2.00 bits per heavy atom. The van der Waals surface area contributed by atoms with Crippen molar-refractivity contribution in [1.29, 1.82) is 0 Å². The van der Waals surface area contributed by atoms with Gasteiger partial charge in [-0.2, -0.15) is 0 Å². The number of thiophene rings is 1. The molecule has 4 heterocycles. The molecule has 1 saturated heterocycles. The summed E-state index contributed by atoms with van der Waals surface area (Å²) >= 11 is 9.50. The van der Waals surface area contributed by atoms with Crippen molar-refractivity contribution >= 4 is 61.3 Å². The van der Waals surface area contributed by atoms with Gasteiger partial charge in [-0.25, -0.2) is 4.98 Å². The van der Waals surface area contributed by atoms with Crippen LogP contribution in [-0.4, -0.2) is 51.3 Å². The molecule has 4 aromatic rings. The van der Waals surface area contributed by atoms with Gasteiger partial charge in [0.2, 0.25) is 5.91 Å². The number of halogens is 1. The molecule has 1 aliphatic rings. The van der Waals surface area contributed by atoms with E-state index in [1.54, 1.807) is 34.1 Å². The molecule has 1 fully saturated rings. The fourth-order valence-electron chi connectivity index (χ4n) is 3.72. The first-order valence-electron chi connectivity index (χ1n) is 9.90. The molecule has 31 heavy (non-hydrogen) atoms. The van der Waals surface area contributed by atoms with Gasteiger partial charge in [0.15, 0.2) is 4.96 Å². The zero-order valence-electron chi connectivity index (χ0n) is 16.5. The number of rotatable bonds is 4. The summed E-state index contributed by atoms with van der Waals surface area (Å²) in [6.07, 6.45) is 5.16. The predicted molar refractivity (Wildman–Crippen MR) is 127 cm³/mol. The maximum atomic E-state index is 12.7. The molecule has 0 bridgehead atoms. The summed E-state index contributed by atoms with van der Waals surface area (Å²) in [5.41, 5.74) is 0.714. The first-order chi connectivity index (χ1) is 15.1. The van der Waals surface area contributed by atoms with Crippen molar-refractivity contribution in [3.8, 4) is 0 Å². The van der Waals surface area contributed by atoms with E-state index >= 15 is 0 Å². The van der Waals surface area contributed by atoms with Crippen molar-refractivity contribution in [3.63, 3.8) is 0 Å². The fourth-order valence-corrected chi connectivity index (χ4v) is 5.85. The van der Waals surface area contributed by atoms with Crippen LogP contribution in [0.25, 0.3) is 21.1 Å². The Kier molecular flexibility index (Phi) is 5.62. The highest BCUT2D eigenvalue weighted by molar-refractivity contribution is 7.20. The normalized spacial score (nSPS) is 15.5. The second kappa shape index (κ2) is 8.55. The van der Waals surface area contributed by atoms with Crippen LogP contribution < -0.4 is 5.56 Å². The van der Waals surface area contributed by atoms with E-state index in [-0.39, 0.29) is 11.5 Å². The molecule has 3 aromatic heterocycles. The minimum absolute atomic E-state index is 0.00968. The number of carbonyl (C=O) groups is 1. The predicted octanol–water partition coefficient (Wildman–Crippen LogP) is 3.98. The van der Waals surface area contributed by atoms with Gasteiger partial charge in [-0.05, 0) is 12.1 Å². The van der Waals surface area contributed by atoms with E-state index in [2.05, 4.69) is 9.88 Å². The minimum Gasteiger partial charge on any atom is -0.337 e. The van der Waals surface area contributed by atoms with Gasteiger partial charge in [0.1, 0.15) is 0 Å². The molecule has 1 amide bonds. The summed E-state index contributed by atoms with van der Waals surface area (Å²) < 4.78 is 2.67. The molecule has 0 radical (unpaired) electrons. The monoisotopic (exact) mass is 470 g/mol. The standard InChI is InChI=1S/C22H19ClN4O2S2/c23-21-16-3-1-2-4-17(16)31-18(21)5-6-19(28)26-9-7-25(8-10-26)14-15-13-20(29)27-11-12-30-22(27)24-15/h1-6,11-13H,7-10,14H2. The zero-order chi connectivity index (χ0) is 21.4. The van der Waals surface area contributed by atoms with Crippen LogP contribution in [0.15, 0.2) is 52.8 Å². The highest BCUT2D eigenvalue weighted by Crippen LogP contribution is 2.35. The Morgan fingerprint density at radius 1 is 1.19 bits per heavy atom. The Hall–Kier alpha value is -2.52. The fraction of sp³-hybridized carbons (Fsp3) is 0.227. The Labute approximate surface area is 191 Å². The van der Waals surface area contributed by atoms with E-state index in [9.17, 15) is 9.59 Å². The molecule has 9 heteroatoms. The van der Waals surface area contributed by atoms with Gasteiger partial charge < -0.3 is 4.90 Å². The maximum absolute atomic E-state index is 12.7. The van der Waals surface area contributed by atoms with Crippen LogP contribution in [0.4, 0.5) is 0 Å². The number of benzene rings is 1. The molecule has 0 saturated carbocycles. The number of aromatic nitrogens is 2. The number of amides is 1. The molecule has 0 N–H and O–H groups in total. The SMILES string of the molecule is O=C(C=Cc1sc2ccccc2c1Cl)N1CCN(Cc2cc(=O)n3ccsc3n2)CC1. The number of fused-ring (bicyclic) bond motifs is 2. The summed E-state index contributed by atoms with van der Waals surface area (Å²) in [5, 5.41) is 3.57. The molecule has 1 aliphatic heterocycles. The van der Waals surface area contributed by atoms with Gasteiger partial charge >= 0.3 is 0 Å². The topological polar surface area (TPSA) is 57.9 Å². The summed E-state index contributed by atoms with van der Waals surface area (Å²) in [6, 6.07) is 9.56. The van der Waals surface area contributed by atoms with Gasteiger partial charge in [-0.1, -0.05) is 29.8 Å². The van der Waals surface area contributed by atoms with Gasteiger partial charge in [-0.3, -0.25) is 18.9 Å². The number of carbonyl (C=O) groups excluding carboxylic acids is 1. The Bertz CT molecular complexity index is 1350. The Morgan fingerprint density at radius 3 is 2.81 bits per heavy atom. The average molecular weight is 471 g/mol. The highest BCUT2D eigenvalue weighted by Gasteiger charge is 2.20. The lowest BCUT2D eigenvalue weighted by Gasteiger charge is -2.34. The summed E-state index contributed by atoms with van der Waals surface area (Å²) in [7, 11) is 0. The molecule has 1 aromatic carbocycles. The third kappa shape index (κ3) is 4.16. The van der Waals surface area contributed by atoms with Crippen molar-refractivity contribution < 1.29 is 4.79 Å². The maximum Gasteiger partial charge on any atom is 0.258 e. The van der Waals surface area contributed by atoms with Crippen molar-refractivity contribution in [2.45, 2.75) is 6.54 Å². The van der Waals surface area contributed by atoms with Crippen LogP contribution >= 0.6 is 34.3 Å². The van der Waals surface area contributed by atoms with Crippen molar-refractivity contribution in [3.05, 3.63) is 73.9 Å². The van der Waals surface area contributed by atoms with E-state index in [0.29, 0.717) is 29.6 Å². The second-order valence-electron chi connectivity index (χ2n) is 7.35. The van der Waals surface area contributed by atoms with Crippen molar-refractivity contribution in [2.24, 2.45) is 0 Å². The molecule has 0 spiro atoms. The molecule has 6 nitrogen and oxygen atoms in total. The van der Waals surface area contributed by atoms with E-state index in [1.165, 1.54) is 11.3 Å². The molecule has 0 atom stereocenters. The molecular formula is C22H19ClN4O2S2. The highest BCUT2D eigenvalue weighted by atomic mass is 35.5. The van der Waals surface area contributed by atoms with Crippen LogP contribution in [-0.2, 0) is 11.3 Å². The third-order valence-corrected chi connectivity index (χ3v) is 7.77. The quantitative estimate of drug-likeness (QED) is 0.423. The number of piperazine rings is 1. The average Bonchev–Trinajstić information content (AvgIpc) is 3.38. The van der Waals surface area contributed by atoms with Crippen LogP contribution in [0.2, 0.25) is 5.02 Å². The van der Waals surface area contributed by atoms with Crippen LogP contribution in [0.3, 0.4) is 0 Å². The lowest BCUT2D eigenvalue weighted by Crippen LogP contribution is -2.48. The zero-order valence-corrected chi connectivity index (χ0v) is 18.9. The van der Waals surface area contributed by atoms with Crippen LogP contribution in [0.5, 0.6) is 0 Å². The largest absolute Gasteiger partial charge is 0.337 e. The molecule has 5 rings (SSSR count). The number of hydrogen-bond donors (Lipinski definition) is 0. The van der Waals surface area contributed by atoms with Gasteiger partial charge in [0.05, 0.1) is 10.7 Å². The van der Waals surface area contributed by atoms with Crippen molar-refractivity contribution in [2.75, 3.05) is 26.2 Å². The van der Waals surface area contributed by atoms with Crippen LogP contribution in [0, 0.1) is 0 Å². The minimum atomic E-state index is -0.0555. The van der Waals surface area contributed by atoms with E-state index in [0.717, 1.165) is 33.7 Å². The summed E-state index contributed by atoms with van der Waals surface area (Å²) in [6.45, 7) is 3.38. The van der Waals surface area contributed by atoms with Crippen LogP contribution in [0.1, 0.15) is 10.6 Å². The second-order valence-corrected chi connectivity index (χ2v) is 9.69. The van der Waals surface area contributed by atoms with Gasteiger partial charge in [-0.15, -0.1) is 22.7 Å². The third-order valence-electron chi connectivity index (χ3n) is 5.36. The molecule has 0 unspecified atom stereocenters.